The Morgan fingerprint density at radius 1 is 1.08 bits per heavy atom. The fourth-order valence-electron chi connectivity index (χ4n) is 2.65. The number of carbonyl (C=O) groups excluding carboxylic acids is 1. The van der Waals surface area contributed by atoms with Gasteiger partial charge in [-0.3, -0.25) is 0 Å². The molecule has 1 aliphatic rings. The summed E-state index contributed by atoms with van der Waals surface area (Å²) in [6.45, 7) is 1.96. The lowest BCUT2D eigenvalue weighted by molar-refractivity contribution is -0.129. The van der Waals surface area contributed by atoms with Crippen LogP contribution in [0.4, 0.5) is 0 Å². The van der Waals surface area contributed by atoms with E-state index in [1.807, 2.05) is 66.2 Å². The van der Waals surface area contributed by atoms with E-state index < -0.39 is 5.97 Å². The van der Waals surface area contributed by atoms with Crippen molar-refractivity contribution in [2.45, 2.75) is 6.92 Å². The molecule has 0 amide bonds. The summed E-state index contributed by atoms with van der Waals surface area (Å²) in [5.74, 6) is -0.0821. The largest absolute Gasteiger partial charge is 0.402 e. The molecule has 25 heavy (non-hydrogen) atoms. The molecule has 5 nitrogen and oxygen atoms in total. The van der Waals surface area contributed by atoms with E-state index in [9.17, 15) is 4.79 Å². The van der Waals surface area contributed by atoms with E-state index in [0.717, 1.165) is 22.4 Å². The minimum atomic E-state index is -0.433. The number of hydrogen-bond acceptors (Lipinski definition) is 4. The van der Waals surface area contributed by atoms with E-state index in [-0.39, 0.29) is 0 Å². The van der Waals surface area contributed by atoms with E-state index in [2.05, 4.69) is 9.98 Å². The third kappa shape index (κ3) is 2.99. The van der Waals surface area contributed by atoms with Gasteiger partial charge in [-0.1, -0.05) is 30.3 Å². The van der Waals surface area contributed by atoms with Crippen molar-refractivity contribution >= 4 is 17.9 Å². The molecule has 0 N–H and O–H groups in total. The summed E-state index contributed by atoms with van der Waals surface area (Å²) in [5.41, 5.74) is 4.02. The van der Waals surface area contributed by atoms with Crippen LogP contribution in [0.1, 0.15) is 16.7 Å². The number of nitrogens with zero attached hydrogens (tertiary/aromatic N) is 3. The highest BCUT2D eigenvalue weighted by Crippen LogP contribution is 2.21. The molecular formula is C20H15N3O2. The Labute approximate surface area is 144 Å². The van der Waals surface area contributed by atoms with Crippen molar-refractivity contribution in [2.75, 3.05) is 0 Å². The average Bonchev–Trinajstić information content (AvgIpc) is 3.27. The summed E-state index contributed by atoms with van der Waals surface area (Å²) >= 11 is 0. The van der Waals surface area contributed by atoms with Crippen molar-refractivity contribution in [2.24, 2.45) is 4.99 Å². The molecule has 0 unspecified atom stereocenters. The van der Waals surface area contributed by atoms with Crippen LogP contribution in [0.15, 0.2) is 77.9 Å². The van der Waals surface area contributed by atoms with Crippen LogP contribution in [-0.2, 0) is 9.53 Å². The molecule has 0 atom stereocenters. The Kier molecular flexibility index (Phi) is 3.74. The summed E-state index contributed by atoms with van der Waals surface area (Å²) in [5, 5.41) is 0. The first-order chi connectivity index (χ1) is 12.2. The van der Waals surface area contributed by atoms with Gasteiger partial charge in [-0.05, 0) is 42.3 Å². The van der Waals surface area contributed by atoms with Crippen molar-refractivity contribution in [1.82, 2.24) is 9.55 Å². The zero-order valence-corrected chi connectivity index (χ0v) is 13.6. The monoisotopic (exact) mass is 329 g/mol. The second kappa shape index (κ2) is 6.20. The van der Waals surface area contributed by atoms with Crippen molar-refractivity contribution in [1.29, 1.82) is 0 Å². The Balaban J connectivity index is 1.63. The maximum absolute atomic E-state index is 12.1. The number of hydrogen-bond donors (Lipinski definition) is 0. The average molecular weight is 329 g/mol. The van der Waals surface area contributed by atoms with E-state index >= 15 is 0 Å². The van der Waals surface area contributed by atoms with Gasteiger partial charge in [0, 0.05) is 23.6 Å². The number of benzene rings is 2. The molecule has 1 aliphatic heterocycles. The molecule has 4 rings (SSSR count). The van der Waals surface area contributed by atoms with Crippen LogP contribution in [0.2, 0.25) is 0 Å². The van der Waals surface area contributed by atoms with Gasteiger partial charge >= 0.3 is 5.97 Å². The molecule has 2 aromatic carbocycles. The minimum absolute atomic E-state index is 0.300. The SMILES string of the molecule is Cc1ccccc1C1=N/C(=C\c2ccc(-n3ccnc3)cc2)C(=O)O1. The first-order valence-electron chi connectivity index (χ1n) is 7.88. The standard InChI is InChI=1S/C20H15N3O2/c1-14-4-2-3-5-17(14)19-22-18(20(24)25-19)12-15-6-8-16(9-7-15)23-11-10-21-13-23/h2-13H,1H3/b18-12-. The second-order valence-electron chi connectivity index (χ2n) is 5.71. The van der Waals surface area contributed by atoms with Crippen LogP contribution >= 0.6 is 0 Å². The van der Waals surface area contributed by atoms with Crippen LogP contribution in [0.25, 0.3) is 11.8 Å². The first-order valence-corrected chi connectivity index (χ1v) is 7.88. The topological polar surface area (TPSA) is 56.5 Å². The Hall–Kier alpha value is -3.47. The third-order valence-corrected chi connectivity index (χ3v) is 4.00. The number of esters is 1. The maximum atomic E-state index is 12.1. The number of carbonyl (C=O) groups is 1. The van der Waals surface area contributed by atoms with Crippen LogP contribution in [0.3, 0.4) is 0 Å². The van der Waals surface area contributed by atoms with Crippen LogP contribution in [0.5, 0.6) is 0 Å². The molecule has 0 bridgehead atoms. The van der Waals surface area contributed by atoms with Gasteiger partial charge in [0.25, 0.3) is 0 Å². The zero-order chi connectivity index (χ0) is 17.2. The molecule has 0 aliphatic carbocycles. The third-order valence-electron chi connectivity index (χ3n) is 4.00. The number of imidazole rings is 1. The molecular weight excluding hydrogens is 314 g/mol. The molecule has 0 saturated carbocycles. The lowest BCUT2D eigenvalue weighted by atomic mass is 10.1. The Morgan fingerprint density at radius 2 is 1.88 bits per heavy atom. The van der Waals surface area contributed by atoms with Crippen LogP contribution in [-0.4, -0.2) is 21.4 Å². The Morgan fingerprint density at radius 3 is 2.60 bits per heavy atom. The molecule has 0 radical (unpaired) electrons. The lowest BCUT2D eigenvalue weighted by Crippen LogP contribution is -2.06. The number of cyclic esters (lactones) is 1. The molecule has 0 saturated heterocycles. The predicted molar refractivity (Wildman–Crippen MR) is 95.3 cm³/mol. The van der Waals surface area contributed by atoms with Gasteiger partial charge in [0.05, 0.1) is 6.33 Å². The van der Waals surface area contributed by atoms with Gasteiger partial charge in [-0.2, -0.15) is 0 Å². The van der Waals surface area contributed by atoms with E-state index in [1.54, 1.807) is 18.6 Å². The van der Waals surface area contributed by atoms with Crippen molar-refractivity contribution in [3.63, 3.8) is 0 Å². The highest BCUT2D eigenvalue weighted by Gasteiger charge is 2.24. The maximum Gasteiger partial charge on any atom is 0.363 e. The number of ether oxygens (including phenoxy) is 1. The van der Waals surface area contributed by atoms with E-state index in [0.29, 0.717) is 11.6 Å². The lowest BCUT2D eigenvalue weighted by Gasteiger charge is -2.02. The number of rotatable bonds is 3. The number of aliphatic imine (C=N–C) groups is 1. The quantitative estimate of drug-likeness (QED) is 0.546. The van der Waals surface area contributed by atoms with Crippen molar-refractivity contribution < 1.29 is 9.53 Å². The summed E-state index contributed by atoms with van der Waals surface area (Å²) in [4.78, 5) is 20.5. The molecule has 122 valence electrons. The summed E-state index contributed by atoms with van der Waals surface area (Å²) in [6, 6.07) is 15.5. The van der Waals surface area contributed by atoms with Gasteiger partial charge < -0.3 is 9.30 Å². The normalized spacial score (nSPS) is 15.3. The van der Waals surface area contributed by atoms with Crippen molar-refractivity contribution in [3.8, 4) is 5.69 Å². The highest BCUT2D eigenvalue weighted by molar-refractivity contribution is 6.13. The van der Waals surface area contributed by atoms with Gasteiger partial charge in [-0.25, -0.2) is 14.8 Å². The fraction of sp³-hybridized carbons (Fsp3) is 0.0500. The molecule has 2 heterocycles. The number of aryl methyl sites for hydroxylation is 1. The first kappa shape index (κ1) is 15.1. The smallest absolute Gasteiger partial charge is 0.363 e. The molecule has 5 heteroatoms. The molecule has 1 aromatic heterocycles. The Bertz CT molecular complexity index is 984. The molecule has 0 fully saturated rings. The zero-order valence-electron chi connectivity index (χ0n) is 13.6. The van der Waals surface area contributed by atoms with Crippen molar-refractivity contribution in [3.05, 3.63) is 89.6 Å². The highest BCUT2D eigenvalue weighted by atomic mass is 16.6. The summed E-state index contributed by atoms with van der Waals surface area (Å²) < 4.78 is 7.24. The van der Waals surface area contributed by atoms with Crippen LogP contribution < -0.4 is 0 Å². The minimum Gasteiger partial charge on any atom is -0.402 e. The summed E-state index contributed by atoms with van der Waals surface area (Å²) in [6.07, 6.45) is 7.07. The number of aromatic nitrogens is 2. The second-order valence-corrected chi connectivity index (χ2v) is 5.71. The van der Waals surface area contributed by atoms with E-state index in [1.165, 1.54) is 0 Å². The van der Waals surface area contributed by atoms with Gasteiger partial charge in [-0.15, -0.1) is 0 Å². The van der Waals surface area contributed by atoms with Crippen LogP contribution in [0, 0.1) is 6.92 Å². The molecule has 3 aromatic rings. The van der Waals surface area contributed by atoms with Gasteiger partial charge in [0.15, 0.2) is 5.70 Å². The fourth-order valence-corrected chi connectivity index (χ4v) is 2.65. The van der Waals surface area contributed by atoms with Gasteiger partial charge in [0.2, 0.25) is 5.90 Å². The molecule has 0 spiro atoms. The van der Waals surface area contributed by atoms with Gasteiger partial charge in [0.1, 0.15) is 0 Å². The van der Waals surface area contributed by atoms with E-state index in [4.69, 9.17) is 4.74 Å². The predicted octanol–water partition coefficient (Wildman–Crippen LogP) is 3.53. The summed E-state index contributed by atoms with van der Waals surface area (Å²) in [7, 11) is 0.